The normalized spacial score (nSPS) is 13.8. The van der Waals surface area contributed by atoms with Gasteiger partial charge in [-0.25, -0.2) is 0 Å². The third kappa shape index (κ3) is 7.43. The van der Waals surface area contributed by atoms with Gasteiger partial charge in [-0.3, -0.25) is 0 Å². The van der Waals surface area contributed by atoms with Crippen molar-refractivity contribution in [3.8, 4) is 5.75 Å². The molecule has 0 atom stereocenters. The van der Waals surface area contributed by atoms with Crippen molar-refractivity contribution in [3.63, 3.8) is 0 Å². The maximum atomic E-state index is 11.4. The number of phenolic OH excluding ortho intramolecular Hbond substituents is 1. The lowest BCUT2D eigenvalue weighted by atomic mass is 9.67. The van der Waals surface area contributed by atoms with Crippen molar-refractivity contribution >= 4 is 0 Å². The predicted octanol–water partition coefficient (Wildman–Crippen LogP) is 7.10. The number of hydrogen-bond donors (Lipinski definition) is 2. The van der Waals surface area contributed by atoms with E-state index in [1.807, 2.05) is 0 Å². The zero-order valence-corrected chi connectivity index (χ0v) is 20.4. The van der Waals surface area contributed by atoms with Gasteiger partial charge in [-0.15, -0.1) is 0 Å². The van der Waals surface area contributed by atoms with Crippen LogP contribution in [0.1, 0.15) is 112 Å². The van der Waals surface area contributed by atoms with Gasteiger partial charge in [-0.05, 0) is 65.9 Å². The first-order valence-corrected chi connectivity index (χ1v) is 11.1. The van der Waals surface area contributed by atoms with E-state index < -0.39 is 0 Å². The molecule has 0 amide bonds. The molecule has 0 saturated heterocycles. The van der Waals surface area contributed by atoms with Gasteiger partial charge in [0, 0.05) is 11.1 Å². The van der Waals surface area contributed by atoms with Crippen LogP contribution in [0.5, 0.6) is 5.75 Å². The van der Waals surface area contributed by atoms with Gasteiger partial charge in [0.15, 0.2) is 0 Å². The molecule has 1 aromatic carbocycles. The first kappa shape index (κ1) is 25.0. The van der Waals surface area contributed by atoms with E-state index in [-0.39, 0.29) is 21.7 Å². The topological polar surface area (TPSA) is 46.2 Å². The predicted molar refractivity (Wildman–Crippen MR) is 124 cm³/mol. The van der Waals surface area contributed by atoms with Crippen molar-refractivity contribution in [2.75, 3.05) is 6.54 Å². The van der Waals surface area contributed by atoms with Crippen LogP contribution in [0.15, 0.2) is 12.1 Å². The number of rotatable bonds is 8. The highest BCUT2D eigenvalue weighted by Gasteiger charge is 2.35. The molecular weight excluding hydrogens is 342 g/mol. The van der Waals surface area contributed by atoms with E-state index >= 15 is 0 Å². The third-order valence-electron chi connectivity index (χ3n) is 5.49. The summed E-state index contributed by atoms with van der Waals surface area (Å²) >= 11 is 0. The molecule has 1 aromatic rings. The maximum absolute atomic E-state index is 11.4. The van der Waals surface area contributed by atoms with Crippen LogP contribution in [0.2, 0.25) is 0 Å². The molecule has 3 N–H and O–H groups in total. The lowest BCUT2D eigenvalue weighted by molar-refractivity contribution is 0.268. The second kappa shape index (κ2) is 8.78. The Morgan fingerprint density at radius 1 is 0.714 bits per heavy atom. The smallest absolute Gasteiger partial charge is 0.123 e. The van der Waals surface area contributed by atoms with Crippen LogP contribution in [0, 0.1) is 10.8 Å². The fourth-order valence-corrected chi connectivity index (χ4v) is 5.19. The molecule has 0 unspecified atom stereocenters. The molecule has 0 saturated carbocycles. The van der Waals surface area contributed by atoms with Crippen molar-refractivity contribution < 1.29 is 5.11 Å². The van der Waals surface area contributed by atoms with Crippen molar-refractivity contribution in [1.29, 1.82) is 0 Å². The van der Waals surface area contributed by atoms with E-state index in [0.717, 1.165) is 49.8 Å². The second-order valence-electron chi connectivity index (χ2n) is 12.5. The highest BCUT2D eigenvalue weighted by molar-refractivity contribution is 5.50. The van der Waals surface area contributed by atoms with E-state index in [4.69, 9.17) is 5.73 Å². The first-order chi connectivity index (χ1) is 12.5. The molecule has 2 heteroatoms. The van der Waals surface area contributed by atoms with E-state index in [9.17, 15) is 5.11 Å². The summed E-state index contributed by atoms with van der Waals surface area (Å²) in [4.78, 5) is 0. The van der Waals surface area contributed by atoms with Gasteiger partial charge in [0.25, 0.3) is 0 Å². The summed E-state index contributed by atoms with van der Waals surface area (Å²) in [5.41, 5.74) is 9.48. The molecule has 0 aliphatic heterocycles. The summed E-state index contributed by atoms with van der Waals surface area (Å²) in [6, 6.07) is 4.52. The largest absolute Gasteiger partial charge is 0.507 e. The maximum Gasteiger partial charge on any atom is 0.123 e. The minimum atomic E-state index is -0.0846. The average Bonchev–Trinajstić information content (AvgIpc) is 2.43. The van der Waals surface area contributed by atoms with Crippen molar-refractivity contribution in [3.05, 3.63) is 28.8 Å². The summed E-state index contributed by atoms with van der Waals surface area (Å²) in [6.07, 6.45) is 5.22. The van der Waals surface area contributed by atoms with Crippen LogP contribution in [-0.2, 0) is 17.3 Å². The Morgan fingerprint density at radius 2 is 1.11 bits per heavy atom. The molecule has 0 spiro atoms. The number of hydrogen-bond acceptors (Lipinski definition) is 2. The number of aryl methyl sites for hydroxylation is 1. The van der Waals surface area contributed by atoms with Gasteiger partial charge < -0.3 is 10.8 Å². The standard InChI is InChI=1S/C26H47NO/c1-23(2,3)17-25(7,8)20-15-19(13-11-12-14-27)16-21(22(20)28)26(9,10)18-24(4,5)6/h15-16,28H,11-14,17-18,27H2,1-10H3. The van der Waals surface area contributed by atoms with Crippen LogP contribution in [0.4, 0.5) is 0 Å². The van der Waals surface area contributed by atoms with Crippen molar-refractivity contribution in [1.82, 2.24) is 0 Å². The molecule has 1 rings (SSSR count). The number of aromatic hydroxyl groups is 1. The van der Waals surface area contributed by atoms with Crippen LogP contribution in [0.25, 0.3) is 0 Å². The van der Waals surface area contributed by atoms with E-state index in [1.165, 1.54) is 5.56 Å². The molecule has 0 aliphatic rings. The fraction of sp³-hybridized carbons (Fsp3) is 0.769. The van der Waals surface area contributed by atoms with Crippen LogP contribution < -0.4 is 5.73 Å². The lowest BCUT2D eigenvalue weighted by Gasteiger charge is -2.37. The summed E-state index contributed by atoms with van der Waals surface area (Å²) in [5.74, 6) is 0.506. The summed E-state index contributed by atoms with van der Waals surface area (Å²) in [5, 5.41) is 11.4. The van der Waals surface area contributed by atoms with Crippen molar-refractivity contribution in [2.24, 2.45) is 16.6 Å². The van der Waals surface area contributed by atoms with Crippen LogP contribution >= 0.6 is 0 Å². The Bertz CT molecular complexity index is 592. The van der Waals surface area contributed by atoms with Crippen molar-refractivity contribution in [2.45, 2.75) is 112 Å². The minimum Gasteiger partial charge on any atom is -0.507 e. The van der Waals surface area contributed by atoms with Gasteiger partial charge >= 0.3 is 0 Å². The molecule has 0 bridgehead atoms. The first-order valence-electron chi connectivity index (χ1n) is 11.1. The highest BCUT2D eigenvalue weighted by atomic mass is 16.3. The summed E-state index contributed by atoms with van der Waals surface area (Å²) < 4.78 is 0. The molecule has 0 heterocycles. The van der Waals surface area contributed by atoms with Gasteiger partial charge in [0.05, 0.1) is 0 Å². The number of benzene rings is 1. The Morgan fingerprint density at radius 3 is 1.43 bits per heavy atom. The molecule has 2 nitrogen and oxygen atoms in total. The number of unbranched alkanes of at least 4 members (excludes halogenated alkanes) is 1. The highest BCUT2D eigenvalue weighted by Crippen LogP contribution is 2.47. The van der Waals surface area contributed by atoms with Gasteiger partial charge in [0.1, 0.15) is 5.75 Å². The Kier molecular flexibility index (Phi) is 7.84. The van der Waals surface area contributed by atoms with Gasteiger partial charge in [0.2, 0.25) is 0 Å². The van der Waals surface area contributed by atoms with E-state index in [1.54, 1.807) is 0 Å². The third-order valence-corrected chi connectivity index (χ3v) is 5.49. The average molecular weight is 390 g/mol. The quantitative estimate of drug-likeness (QED) is 0.466. The molecule has 0 radical (unpaired) electrons. The van der Waals surface area contributed by atoms with E-state index in [0.29, 0.717) is 5.75 Å². The SMILES string of the molecule is CC(C)(C)CC(C)(C)c1cc(CCCCN)cc(C(C)(C)CC(C)(C)C)c1O. The zero-order valence-electron chi connectivity index (χ0n) is 20.4. The van der Waals surface area contributed by atoms with E-state index in [2.05, 4.69) is 81.4 Å². The number of nitrogens with two attached hydrogens (primary N) is 1. The summed E-state index contributed by atoms with van der Waals surface area (Å²) in [6.45, 7) is 23.5. The summed E-state index contributed by atoms with van der Waals surface area (Å²) in [7, 11) is 0. The van der Waals surface area contributed by atoms with Gasteiger partial charge in [-0.2, -0.15) is 0 Å². The molecule has 0 fully saturated rings. The lowest BCUT2D eigenvalue weighted by Crippen LogP contribution is -2.28. The molecular formula is C26H47NO. The Balaban J connectivity index is 3.52. The Labute approximate surface area is 175 Å². The Hall–Kier alpha value is -1.02. The number of phenols is 1. The fourth-order valence-electron chi connectivity index (χ4n) is 5.19. The second-order valence-corrected chi connectivity index (χ2v) is 12.5. The molecule has 0 aliphatic carbocycles. The molecule has 0 aromatic heterocycles. The zero-order chi connectivity index (χ0) is 22.0. The molecule has 162 valence electrons. The monoisotopic (exact) mass is 389 g/mol. The minimum absolute atomic E-state index is 0.0846. The van der Waals surface area contributed by atoms with Gasteiger partial charge in [-0.1, -0.05) is 81.4 Å². The van der Waals surface area contributed by atoms with Crippen LogP contribution in [-0.4, -0.2) is 11.7 Å². The molecule has 28 heavy (non-hydrogen) atoms. The van der Waals surface area contributed by atoms with Crippen LogP contribution in [0.3, 0.4) is 0 Å².